The molecule has 0 fully saturated rings. The van der Waals surface area contributed by atoms with Crippen LogP contribution in [-0.2, 0) is 0 Å². The SMILES string of the molecule is Cc1cc2oc(=O)c(C(=O)O)c(C)c2cc1C. The van der Waals surface area contributed by atoms with Gasteiger partial charge in [-0.05, 0) is 49.6 Å². The van der Waals surface area contributed by atoms with Crippen LogP contribution >= 0.6 is 0 Å². The Morgan fingerprint density at radius 1 is 1.18 bits per heavy atom. The molecule has 4 nitrogen and oxygen atoms in total. The van der Waals surface area contributed by atoms with Gasteiger partial charge in [-0.2, -0.15) is 0 Å². The molecule has 0 atom stereocenters. The van der Waals surface area contributed by atoms with E-state index in [-0.39, 0.29) is 5.56 Å². The fraction of sp³-hybridized carbons (Fsp3) is 0.231. The number of aryl methyl sites for hydroxylation is 3. The van der Waals surface area contributed by atoms with Crippen LogP contribution in [0.25, 0.3) is 11.0 Å². The van der Waals surface area contributed by atoms with Crippen LogP contribution in [0.4, 0.5) is 0 Å². The maximum Gasteiger partial charge on any atom is 0.351 e. The summed E-state index contributed by atoms with van der Waals surface area (Å²) < 4.78 is 5.03. The fourth-order valence-corrected chi connectivity index (χ4v) is 1.85. The average Bonchev–Trinajstić information content (AvgIpc) is 2.21. The van der Waals surface area contributed by atoms with Crippen LogP contribution in [0.5, 0.6) is 0 Å². The van der Waals surface area contributed by atoms with Crippen LogP contribution in [0, 0.1) is 20.8 Å². The van der Waals surface area contributed by atoms with Crippen molar-refractivity contribution in [3.63, 3.8) is 0 Å². The third-order valence-corrected chi connectivity index (χ3v) is 3.00. The number of fused-ring (bicyclic) bond motifs is 1. The van der Waals surface area contributed by atoms with Crippen LogP contribution in [-0.4, -0.2) is 11.1 Å². The zero-order valence-electron chi connectivity index (χ0n) is 9.83. The number of hydrogen-bond donors (Lipinski definition) is 1. The summed E-state index contributed by atoms with van der Waals surface area (Å²) in [4.78, 5) is 22.5. The maximum atomic E-state index is 11.5. The molecule has 0 aliphatic rings. The Labute approximate surface area is 97.5 Å². The molecule has 0 amide bonds. The molecule has 1 aromatic heterocycles. The van der Waals surface area contributed by atoms with Crippen molar-refractivity contribution in [2.24, 2.45) is 0 Å². The highest BCUT2D eigenvalue weighted by molar-refractivity contribution is 5.95. The van der Waals surface area contributed by atoms with E-state index in [4.69, 9.17) is 9.52 Å². The molecule has 4 heteroatoms. The number of benzene rings is 1. The van der Waals surface area contributed by atoms with E-state index in [0.717, 1.165) is 11.1 Å². The van der Waals surface area contributed by atoms with Gasteiger partial charge in [-0.3, -0.25) is 0 Å². The number of carboxylic acids is 1. The third kappa shape index (κ3) is 1.71. The average molecular weight is 232 g/mol. The predicted octanol–water partition coefficient (Wildman–Crippen LogP) is 2.42. The van der Waals surface area contributed by atoms with Gasteiger partial charge in [0.25, 0.3) is 0 Å². The normalized spacial score (nSPS) is 10.8. The van der Waals surface area contributed by atoms with E-state index >= 15 is 0 Å². The first-order chi connectivity index (χ1) is 7.91. The fourth-order valence-electron chi connectivity index (χ4n) is 1.85. The monoisotopic (exact) mass is 232 g/mol. The Kier molecular flexibility index (Phi) is 2.50. The van der Waals surface area contributed by atoms with E-state index in [1.807, 2.05) is 19.9 Å². The van der Waals surface area contributed by atoms with Crippen LogP contribution < -0.4 is 5.63 Å². The highest BCUT2D eigenvalue weighted by Gasteiger charge is 2.17. The second-order valence-electron chi connectivity index (χ2n) is 4.13. The lowest BCUT2D eigenvalue weighted by molar-refractivity contribution is 0.0691. The summed E-state index contributed by atoms with van der Waals surface area (Å²) in [5.41, 5.74) is 1.83. The lowest BCUT2D eigenvalue weighted by atomic mass is 10.0. The second-order valence-corrected chi connectivity index (χ2v) is 4.13. The number of rotatable bonds is 1. The van der Waals surface area contributed by atoms with Crippen molar-refractivity contribution >= 4 is 16.9 Å². The number of carbonyl (C=O) groups is 1. The zero-order valence-corrected chi connectivity index (χ0v) is 9.83. The molecular weight excluding hydrogens is 220 g/mol. The third-order valence-electron chi connectivity index (χ3n) is 3.00. The Morgan fingerprint density at radius 2 is 1.76 bits per heavy atom. The van der Waals surface area contributed by atoms with Gasteiger partial charge < -0.3 is 9.52 Å². The van der Waals surface area contributed by atoms with Crippen molar-refractivity contribution in [3.05, 3.63) is 44.8 Å². The summed E-state index contributed by atoms with van der Waals surface area (Å²) in [5, 5.41) is 9.64. The molecule has 1 heterocycles. The van der Waals surface area contributed by atoms with Gasteiger partial charge in [-0.1, -0.05) is 0 Å². The van der Waals surface area contributed by atoms with Crippen LogP contribution in [0.1, 0.15) is 27.0 Å². The molecule has 2 aromatic rings. The van der Waals surface area contributed by atoms with E-state index < -0.39 is 11.6 Å². The molecule has 17 heavy (non-hydrogen) atoms. The van der Waals surface area contributed by atoms with Gasteiger partial charge in [0.1, 0.15) is 11.1 Å². The first-order valence-electron chi connectivity index (χ1n) is 5.19. The summed E-state index contributed by atoms with van der Waals surface area (Å²) in [6.07, 6.45) is 0. The summed E-state index contributed by atoms with van der Waals surface area (Å²) in [6, 6.07) is 3.60. The molecule has 0 unspecified atom stereocenters. The summed E-state index contributed by atoms with van der Waals surface area (Å²) in [5.74, 6) is -1.25. The molecule has 0 bridgehead atoms. The molecule has 88 valence electrons. The molecule has 0 radical (unpaired) electrons. The van der Waals surface area contributed by atoms with E-state index in [1.54, 1.807) is 13.0 Å². The molecule has 0 aliphatic heterocycles. The highest BCUT2D eigenvalue weighted by Crippen LogP contribution is 2.23. The van der Waals surface area contributed by atoms with Gasteiger partial charge in [0.2, 0.25) is 0 Å². The minimum Gasteiger partial charge on any atom is -0.477 e. The number of carboxylic acid groups (broad SMARTS) is 1. The van der Waals surface area contributed by atoms with Crippen molar-refractivity contribution in [1.29, 1.82) is 0 Å². The molecule has 0 spiro atoms. The molecule has 0 aliphatic carbocycles. The second kappa shape index (κ2) is 3.73. The van der Waals surface area contributed by atoms with Gasteiger partial charge in [0.05, 0.1) is 0 Å². The van der Waals surface area contributed by atoms with E-state index in [1.165, 1.54) is 0 Å². The lowest BCUT2D eigenvalue weighted by Crippen LogP contribution is -2.15. The highest BCUT2D eigenvalue weighted by atomic mass is 16.4. The zero-order chi connectivity index (χ0) is 12.7. The first kappa shape index (κ1) is 11.4. The van der Waals surface area contributed by atoms with Gasteiger partial charge >= 0.3 is 11.6 Å². The van der Waals surface area contributed by atoms with Crippen molar-refractivity contribution in [3.8, 4) is 0 Å². The Morgan fingerprint density at radius 3 is 2.35 bits per heavy atom. The summed E-state index contributed by atoms with van der Waals surface area (Å²) in [7, 11) is 0. The Bertz CT molecular complexity index is 680. The maximum absolute atomic E-state index is 11.5. The lowest BCUT2D eigenvalue weighted by Gasteiger charge is -2.07. The minimum atomic E-state index is -1.25. The predicted molar refractivity (Wildman–Crippen MR) is 63.7 cm³/mol. The Hall–Kier alpha value is -2.10. The van der Waals surface area contributed by atoms with E-state index in [9.17, 15) is 9.59 Å². The van der Waals surface area contributed by atoms with E-state index in [2.05, 4.69) is 0 Å². The standard InChI is InChI=1S/C13H12O4/c1-6-4-9-8(3)11(12(14)15)13(16)17-10(9)5-7(6)2/h4-5H,1-3H3,(H,14,15). The van der Waals surface area contributed by atoms with Crippen LogP contribution in [0.15, 0.2) is 21.3 Å². The van der Waals surface area contributed by atoms with Gasteiger partial charge in [-0.25, -0.2) is 9.59 Å². The first-order valence-corrected chi connectivity index (χ1v) is 5.19. The van der Waals surface area contributed by atoms with Crippen molar-refractivity contribution in [1.82, 2.24) is 0 Å². The quantitative estimate of drug-likeness (QED) is 0.766. The molecular formula is C13H12O4. The molecule has 0 saturated heterocycles. The largest absolute Gasteiger partial charge is 0.477 e. The van der Waals surface area contributed by atoms with Crippen molar-refractivity contribution in [2.45, 2.75) is 20.8 Å². The van der Waals surface area contributed by atoms with Crippen LogP contribution in [0.3, 0.4) is 0 Å². The van der Waals surface area contributed by atoms with Gasteiger partial charge in [-0.15, -0.1) is 0 Å². The van der Waals surface area contributed by atoms with Gasteiger partial charge in [0.15, 0.2) is 0 Å². The molecule has 1 aromatic carbocycles. The van der Waals surface area contributed by atoms with E-state index in [0.29, 0.717) is 16.5 Å². The van der Waals surface area contributed by atoms with Crippen molar-refractivity contribution in [2.75, 3.05) is 0 Å². The Balaban J connectivity index is 2.97. The van der Waals surface area contributed by atoms with Gasteiger partial charge in [0, 0.05) is 5.39 Å². The van der Waals surface area contributed by atoms with Crippen LogP contribution in [0.2, 0.25) is 0 Å². The smallest absolute Gasteiger partial charge is 0.351 e. The number of aromatic carboxylic acids is 1. The molecule has 1 N–H and O–H groups in total. The topological polar surface area (TPSA) is 67.5 Å². The minimum absolute atomic E-state index is 0.291. The molecule has 0 saturated carbocycles. The molecule has 2 rings (SSSR count). The summed E-state index contributed by atoms with van der Waals surface area (Å²) in [6.45, 7) is 5.46. The van der Waals surface area contributed by atoms with Crippen molar-refractivity contribution < 1.29 is 14.3 Å². The summed E-state index contributed by atoms with van der Waals surface area (Å²) >= 11 is 0. The number of hydrogen-bond acceptors (Lipinski definition) is 3.